The lowest BCUT2D eigenvalue weighted by Gasteiger charge is -2.34. The van der Waals surface area contributed by atoms with E-state index in [1.807, 2.05) is 36.4 Å². The largest absolute Gasteiger partial charge is 0.496 e. The van der Waals surface area contributed by atoms with Crippen molar-refractivity contribution >= 4 is 27.4 Å². The van der Waals surface area contributed by atoms with Gasteiger partial charge in [-0.05, 0) is 69.3 Å². The number of alkyl halides is 8. The lowest BCUT2D eigenvalue weighted by Crippen LogP contribution is -2.51. The molecule has 1 unspecified atom stereocenters. The third-order valence-electron chi connectivity index (χ3n) is 6.30. The van der Waals surface area contributed by atoms with Crippen molar-refractivity contribution in [2.24, 2.45) is 16.9 Å². The number of carbonyl (C=O) groups is 1. The molecule has 1 heterocycles. The molecule has 3 aromatic rings. The van der Waals surface area contributed by atoms with Gasteiger partial charge in [0, 0.05) is 21.2 Å². The fourth-order valence-electron chi connectivity index (χ4n) is 3.91. The molecule has 0 aliphatic rings. The smallest absolute Gasteiger partial charge is 0.484 e. The standard InChI is InChI=1S/C29H32F8N2O6S/c1-24(2,39)14-22(38)25(3,4)23(40)42-16-27(32,33)44-29(36,37)45-28(34,35)43-26(30,31)15-41-19-11-10-18-12-20(46-21(18)13-19)17-8-6-5-7-9-17/h5-13,22H,14-16,38-39H2,1-4H3. The maximum Gasteiger partial charge on any atom is 0.496 e. The zero-order chi connectivity index (χ0) is 34.8. The van der Waals surface area contributed by atoms with Crippen LogP contribution in [-0.2, 0) is 23.7 Å². The molecule has 8 nitrogen and oxygen atoms in total. The summed E-state index contributed by atoms with van der Waals surface area (Å²) in [6.07, 6.45) is -21.8. The highest BCUT2D eigenvalue weighted by Gasteiger charge is 2.57. The molecule has 0 aliphatic carbocycles. The van der Waals surface area contributed by atoms with Crippen LogP contribution in [0.3, 0.4) is 0 Å². The maximum atomic E-state index is 14.1. The van der Waals surface area contributed by atoms with Crippen LogP contribution in [-0.4, -0.2) is 55.6 Å². The minimum absolute atomic E-state index is 0.0259. The van der Waals surface area contributed by atoms with E-state index in [2.05, 4.69) is 18.9 Å². The van der Waals surface area contributed by atoms with E-state index in [4.69, 9.17) is 16.2 Å². The van der Waals surface area contributed by atoms with Gasteiger partial charge >= 0.3 is 30.8 Å². The van der Waals surface area contributed by atoms with Gasteiger partial charge in [0.25, 0.3) is 0 Å². The quantitative estimate of drug-likeness (QED) is 0.0915. The van der Waals surface area contributed by atoms with Crippen molar-refractivity contribution in [1.82, 2.24) is 0 Å². The molecular weight excluding hydrogens is 656 g/mol. The zero-order valence-electron chi connectivity index (χ0n) is 24.9. The molecule has 1 aromatic heterocycles. The molecule has 2 aromatic carbocycles. The van der Waals surface area contributed by atoms with Crippen LogP contribution in [0.4, 0.5) is 35.1 Å². The topological polar surface area (TPSA) is 115 Å². The predicted molar refractivity (Wildman–Crippen MR) is 151 cm³/mol. The second-order valence-electron chi connectivity index (χ2n) is 11.6. The summed E-state index contributed by atoms with van der Waals surface area (Å²) in [6.45, 7) is 1.50. The predicted octanol–water partition coefficient (Wildman–Crippen LogP) is 7.31. The van der Waals surface area contributed by atoms with E-state index in [9.17, 15) is 39.9 Å². The van der Waals surface area contributed by atoms with Gasteiger partial charge in [-0.3, -0.25) is 4.79 Å². The van der Waals surface area contributed by atoms with Gasteiger partial charge in [-0.2, -0.15) is 17.6 Å². The van der Waals surface area contributed by atoms with Crippen LogP contribution >= 0.6 is 11.3 Å². The van der Waals surface area contributed by atoms with E-state index in [-0.39, 0.29) is 12.2 Å². The van der Waals surface area contributed by atoms with Gasteiger partial charge in [0.05, 0.1) is 5.41 Å². The Balaban J connectivity index is 1.55. The number of halogens is 8. The van der Waals surface area contributed by atoms with Crippen molar-refractivity contribution in [2.75, 3.05) is 13.2 Å². The van der Waals surface area contributed by atoms with Crippen molar-refractivity contribution < 1.29 is 63.6 Å². The van der Waals surface area contributed by atoms with E-state index in [0.29, 0.717) is 4.70 Å². The molecule has 17 heteroatoms. The van der Waals surface area contributed by atoms with E-state index in [1.165, 1.54) is 43.4 Å². The van der Waals surface area contributed by atoms with E-state index >= 15 is 0 Å². The number of nitrogens with two attached hydrogens (primary N) is 2. The van der Waals surface area contributed by atoms with Gasteiger partial charge in [0.15, 0.2) is 13.2 Å². The summed E-state index contributed by atoms with van der Waals surface area (Å²) >= 11 is 1.29. The summed E-state index contributed by atoms with van der Waals surface area (Å²) in [6, 6.07) is 14.1. The number of ether oxygens (including phenoxy) is 5. The first kappa shape index (κ1) is 37.4. The molecule has 0 amide bonds. The molecule has 3 rings (SSSR count). The Hall–Kier alpha value is -3.09. The van der Waals surface area contributed by atoms with Crippen molar-refractivity contribution in [3.05, 3.63) is 54.6 Å². The van der Waals surface area contributed by atoms with E-state index in [1.54, 1.807) is 13.8 Å². The summed E-state index contributed by atoms with van der Waals surface area (Å²) in [7, 11) is 0. The van der Waals surface area contributed by atoms with Crippen molar-refractivity contribution in [3.63, 3.8) is 0 Å². The summed E-state index contributed by atoms with van der Waals surface area (Å²) in [5.74, 6) is -1.57. The first-order valence-corrected chi connectivity index (χ1v) is 14.3. The molecule has 46 heavy (non-hydrogen) atoms. The van der Waals surface area contributed by atoms with Crippen LogP contribution in [0.15, 0.2) is 54.6 Å². The Morgan fingerprint density at radius 1 is 0.804 bits per heavy atom. The van der Waals surface area contributed by atoms with Gasteiger partial charge in [-0.25, -0.2) is 14.2 Å². The summed E-state index contributed by atoms with van der Waals surface area (Å²) < 4.78 is 130. The number of benzene rings is 2. The molecule has 256 valence electrons. The average molecular weight is 689 g/mol. The van der Waals surface area contributed by atoms with Crippen molar-refractivity contribution in [2.45, 2.75) is 70.5 Å². The van der Waals surface area contributed by atoms with Crippen LogP contribution in [0.5, 0.6) is 5.75 Å². The number of hydrogen-bond donors (Lipinski definition) is 2. The molecule has 1 atom stereocenters. The number of thiophene rings is 1. The molecule has 4 N–H and O–H groups in total. The fourth-order valence-corrected chi connectivity index (χ4v) is 5.01. The number of carbonyl (C=O) groups excluding carboxylic acids is 1. The lowest BCUT2D eigenvalue weighted by atomic mass is 9.79. The lowest BCUT2D eigenvalue weighted by molar-refractivity contribution is -0.574. The van der Waals surface area contributed by atoms with Gasteiger partial charge in [-0.1, -0.05) is 30.3 Å². The monoisotopic (exact) mass is 688 g/mol. The van der Waals surface area contributed by atoms with Crippen LogP contribution in [0, 0.1) is 5.41 Å². The number of rotatable bonds is 16. The van der Waals surface area contributed by atoms with Crippen LogP contribution in [0.25, 0.3) is 20.5 Å². The van der Waals surface area contributed by atoms with Gasteiger partial charge in [-0.15, -0.1) is 28.9 Å². The van der Waals surface area contributed by atoms with E-state index in [0.717, 1.165) is 15.8 Å². The highest BCUT2D eigenvalue weighted by atomic mass is 32.1. The summed E-state index contributed by atoms with van der Waals surface area (Å²) in [5.41, 5.74) is 10.1. The minimum atomic E-state index is -5.91. The number of fused-ring (bicyclic) bond motifs is 1. The fraction of sp³-hybridized carbons (Fsp3) is 0.483. The third kappa shape index (κ3) is 11.0. The normalized spacial score (nSPS) is 14.4. The maximum absolute atomic E-state index is 14.1. The first-order valence-electron chi connectivity index (χ1n) is 13.4. The minimum Gasteiger partial charge on any atom is -0.484 e. The molecule has 0 radical (unpaired) electrons. The van der Waals surface area contributed by atoms with Crippen LogP contribution in [0.1, 0.15) is 34.1 Å². The van der Waals surface area contributed by atoms with Crippen molar-refractivity contribution in [1.29, 1.82) is 0 Å². The zero-order valence-corrected chi connectivity index (χ0v) is 25.7. The second-order valence-corrected chi connectivity index (χ2v) is 12.7. The van der Waals surface area contributed by atoms with Gasteiger partial charge in [0.2, 0.25) is 0 Å². The molecule has 0 fully saturated rings. The molecule has 0 aliphatic heterocycles. The van der Waals surface area contributed by atoms with Crippen molar-refractivity contribution in [3.8, 4) is 16.2 Å². The van der Waals surface area contributed by atoms with Crippen LogP contribution in [0.2, 0.25) is 0 Å². The Morgan fingerprint density at radius 2 is 1.37 bits per heavy atom. The highest BCUT2D eigenvalue weighted by molar-refractivity contribution is 7.22. The highest BCUT2D eigenvalue weighted by Crippen LogP contribution is 2.39. The Bertz CT molecular complexity index is 1480. The number of esters is 1. The second kappa shape index (κ2) is 13.6. The van der Waals surface area contributed by atoms with Gasteiger partial charge in [0.1, 0.15) is 5.75 Å². The molecule has 0 spiro atoms. The summed E-state index contributed by atoms with van der Waals surface area (Å²) in [4.78, 5) is 13.1. The Labute approximate surface area is 262 Å². The molecule has 0 saturated heterocycles. The molecule has 0 bridgehead atoms. The molecular formula is C29H32F8N2O6S. The Kier molecular flexibility index (Phi) is 11.0. The van der Waals surface area contributed by atoms with Gasteiger partial charge < -0.3 is 20.9 Å². The Morgan fingerprint density at radius 3 is 1.93 bits per heavy atom. The third-order valence-corrected chi connectivity index (χ3v) is 7.45. The average Bonchev–Trinajstić information content (AvgIpc) is 3.32. The SMILES string of the molecule is CC(C)(N)CC(N)C(C)(C)C(=O)OCC(F)(F)OC(F)(F)OC(F)(F)OC(F)(F)COc1ccc2cc(-c3ccccc3)sc2c1. The summed E-state index contributed by atoms with van der Waals surface area (Å²) in [5, 5.41) is 0.732. The first-order chi connectivity index (χ1) is 20.9. The molecule has 0 saturated carbocycles. The number of hydrogen-bond acceptors (Lipinski definition) is 9. The van der Waals surface area contributed by atoms with Crippen LogP contribution < -0.4 is 16.2 Å². The van der Waals surface area contributed by atoms with E-state index < -0.39 is 61.0 Å².